The molecule has 0 fully saturated rings. The number of nitrogens with zero attached hydrogens (tertiary/aromatic N) is 3. The second-order valence-corrected chi connectivity index (χ2v) is 12.8. The molecule has 0 aliphatic carbocycles. The van der Waals surface area contributed by atoms with Gasteiger partial charge in [0.15, 0.2) is 11.5 Å². The molecular weight excluding hydrogens is 626 g/mol. The van der Waals surface area contributed by atoms with Gasteiger partial charge in [-0.05, 0) is 61.5 Å². The summed E-state index contributed by atoms with van der Waals surface area (Å²) in [5, 5.41) is 2.61. The van der Waals surface area contributed by atoms with Crippen LogP contribution in [-0.2, 0) is 24.8 Å². The lowest BCUT2D eigenvalue weighted by molar-refractivity contribution is -0.114. The summed E-state index contributed by atoms with van der Waals surface area (Å²) in [5.74, 6) is 0.139. The fourth-order valence-corrected chi connectivity index (χ4v) is 6.51. The third kappa shape index (κ3) is 7.53. The Labute approximate surface area is 261 Å². The van der Waals surface area contributed by atoms with E-state index in [1.807, 2.05) is 0 Å². The Morgan fingerprint density at radius 1 is 0.778 bits per heavy atom. The van der Waals surface area contributed by atoms with Crippen LogP contribution in [0.3, 0.4) is 0 Å². The van der Waals surface area contributed by atoms with Gasteiger partial charge in [-0.1, -0.05) is 0 Å². The molecule has 14 nitrogen and oxygen atoms in total. The summed E-state index contributed by atoms with van der Waals surface area (Å²) in [4.78, 5) is 21.0. The maximum Gasteiger partial charge on any atom is 0.265 e. The van der Waals surface area contributed by atoms with Crippen LogP contribution >= 0.6 is 0 Å². The van der Waals surface area contributed by atoms with E-state index in [1.54, 1.807) is 19.1 Å². The van der Waals surface area contributed by atoms with Gasteiger partial charge in [0.25, 0.3) is 20.0 Å². The Hall–Kier alpha value is -5.09. The number of carbonyl (C=O) groups is 1. The monoisotopic (exact) mass is 657 g/mol. The molecule has 4 rings (SSSR count). The third-order valence-electron chi connectivity index (χ3n) is 6.35. The van der Waals surface area contributed by atoms with Crippen molar-refractivity contribution in [3.8, 4) is 23.0 Å². The van der Waals surface area contributed by atoms with E-state index < -0.39 is 32.5 Å². The highest BCUT2D eigenvalue weighted by molar-refractivity contribution is 7.93. The second kappa shape index (κ2) is 13.7. The maximum absolute atomic E-state index is 14.1. The molecule has 1 aromatic heterocycles. The van der Waals surface area contributed by atoms with Crippen LogP contribution in [0.2, 0.25) is 0 Å². The van der Waals surface area contributed by atoms with Crippen LogP contribution in [0.25, 0.3) is 0 Å². The highest BCUT2D eigenvalue weighted by atomic mass is 32.2. The number of sulfonamides is 2. The second-order valence-electron chi connectivity index (χ2n) is 9.27. The average molecular weight is 658 g/mol. The molecule has 0 bridgehead atoms. The fraction of sp³-hybridized carbons (Fsp3) is 0.207. The van der Waals surface area contributed by atoms with Crippen molar-refractivity contribution in [1.29, 1.82) is 0 Å². The van der Waals surface area contributed by atoms with E-state index in [0.29, 0.717) is 17.2 Å². The highest BCUT2D eigenvalue weighted by Gasteiger charge is 2.31. The number of benzene rings is 3. The average Bonchev–Trinajstić information content (AvgIpc) is 3.02. The molecule has 0 unspecified atom stereocenters. The quantitative estimate of drug-likeness (QED) is 0.215. The molecule has 45 heavy (non-hydrogen) atoms. The number of hydrogen-bond donors (Lipinski definition) is 2. The summed E-state index contributed by atoms with van der Waals surface area (Å²) < 4.78 is 78.1. The van der Waals surface area contributed by atoms with E-state index in [4.69, 9.17) is 18.9 Å². The van der Waals surface area contributed by atoms with Crippen LogP contribution < -0.4 is 33.3 Å². The van der Waals surface area contributed by atoms with Crippen LogP contribution in [0.5, 0.6) is 23.0 Å². The Morgan fingerprint density at radius 3 is 2.04 bits per heavy atom. The van der Waals surface area contributed by atoms with Crippen molar-refractivity contribution in [1.82, 2.24) is 9.97 Å². The zero-order valence-corrected chi connectivity index (χ0v) is 26.6. The minimum absolute atomic E-state index is 0.0349. The number of amides is 1. The summed E-state index contributed by atoms with van der Waals surface area (Å²) in [6.45, 7) is 1.01. The predicted molar refractivity (Wildman–Crippen MR) is 166 cm³/mol. The molecule has 0 saturated heterocycles. The van der Waals surface area contributed by atoms with E-state index in [1.165, 1.54) is 89.2 Å². The van der Waals surface area contributed by atoms with Gasteiger partial charge in [-0.2, -0.15) is 0 Å². The lowest BCUT2D eigenvalue weighted by Crippen LogP contribution is -2.38. The molecule has 0 radical (unpaired) electrons. The van der Waals surface area contributed by atoms with Crippen LogP contribution in [0, 0.1) is 6.92 Å². The van der Waals surface area contributed by atoms with Crippen molar-refractivity contribution in [2.24, 2.45) is 0 Å². The molecule has 1 amide bonds. The standard InChI is InChI=1S/C29H31N5O9S2/c1-19-14-15-30-29(31-19)33-44(36,37)22-9-6-20(7-10-22)32-28(35)18-34(24-16-21(40-2)8-12-25(24)41-3)45(38,39)23-11-13-26(42-4)27(17-23)43-5/h6-17H,18H2,1-5H3,(H,32,35)(H,30,31,33). The first-order valence-electron chi connectivity index (χ1n) is 13.1. The molecule has 2 N–H and O–H groups in total. The summed E-state index contributed by atoms with van der Waals surface area (Å²) in [7, 11) is -2.87. The van der Waals surface area contributed by atoms with Gasteiger partial charge in [-0.25, -0.2) is 31.5 Å². The first kappa shape index (κ1) is 32.8. The number of nitrogens with one attached hydrogen (secondary N) is 2. The van der Waals surface area contributed by atoms with Crippen LogP contribution in [0.15, 0.2) is 82.7 Å². The number of methoxy groups -OCH3 is 4. The molecular formula is C29H31N5O9S2. The Bertz CT molecular complexity index is 1900. The molecule has 4 aromatic rings. The smallest absolute Gasteiger partial charge is 0.265 e. The normalized spacial score (nSPS) is 11.3. The third-order valence-corrected chi connectivity index (χ3v) is 9.45. The number of carbonyl (C=O) groups excluding carboxylic acids is 1. The van der Waals surface area contributed by atoms with Crippen molar-refractivity contribution in [2.45, 2.75) is 16.7 Å². The zero-order chi connectivity index (χ0) is 32.8. The van der Waals surface area contributed by atoms with Gasteiger partial charge in [0.1, 0.15) is 18.0 Å². The topological polar surface area (TPSA) is 175 Å². The van der Waals surface area contributed by atoms with Crippen LogP contribution in [0.1, 0.15) is 5.69 Å². The largest absolute Gasteiger partial charge is 0.497 e. The van der Waals surface area contributed by atoms with Crippen LogP contribution in [-0.4, -0.2) is 67.7 Å². The number of hydrogen-bond acceptors (Lipinski definition) is 11. The minimum atomic E-state index is -4.41. The first-order valence-corrected chi connectivity index (χ1v) is 16.0. The zero-order valence-electron chi connectivity index (χ0n) is 25.0. The van der Waals surface area contributed by atoms with Gasteiger partial charge < -0.3 is 24.3 Å². The lowest BCUT2D eigenvalue weighted by atomic mass is 10.2. The highest BCUT2D eigenvalue weighted by Crippen LogP contribution is 2.37. The number of aryl methyl sites for hydroxylation is 1. The van der Waals surface area contributed by atoms with Crippen molar-refractivity contribution >= 4 is 43.3 Å². The molecule has 0 atom stereocenters. The van der Waals surface area contributed by atoms with E-state index in [9.17, 15) is 21.6 Å². The molecule has 238 valence electrons. The van der Waals surface area contributed by atoms with E-state index in [-0.39, 0.29) is 38.6 Å². The molecule has 3 aromatic carbocycles. The molecule has 0 spiro atoms. The molecule has 16 heteroatoms. The number of anilines is 3. The van der Waals surface area contributed by atoms with Gasteiger partial charge in [0, 0.05) is 29.7 Å². The van der Waals surface area contributed by atoms with Gasteiger partial charge in [-0.3, -0.25) is 9.10 Å². The predicted octanol–water partition coefficient (Wildman–Crippen LogP) is 3.45. The van der Waals surface area contributed by atoms with Gasteiger partial charge in [0.2, 0.25) is 11.9 Å². The number of rotatable bonds is 13. The van der Waals surface area contributed by atoms with Crippen molar-refractivity contribution in [3.05, 3.63) is 78.6 Å². The van der Waals surface area contributed by atoms with Gasteiger partial charge >= 0.3 is 0 Å². The maximum atomic E-state index is 14.1. The summed E-state index contributed by atoms with van der Waals surface area (Å²) in [5.41, 5.74) is 0.828. The Kier molecular flexibility index (Phi) is 9.98. The van der Waals surface area contributed by atoms with E-state index in [0.717, 1.165) is 4.31 Å². The van der Waals surface area contributed by atoms with Crippen molar-refractivity contribution < 1.29 is 40.6 Å². The SMILES string of the molecule is COc1ccc(OC)c(N(CC(=O)Nc2ccc(S(=O)(=O)Nc3nccc(C)n3)cc2)S(=O)(=O)c2ccc(OC)c(OC)c2)c1. The minimum Gasteiger partial charge on any atom is -0.497 e. The van der Waals surface area contributed by atoms with E-state index in [2.05, 4.69) is 20.0 Å². The lowest BCUT2D eigenvalue weighted by Gasteiger charge is -2.26. The first-order chi connectivity index (χ1) is 21.4. The van der Waals surface area contributed by atoms with E-state index >= 15 is 0 Å². The Balaban J connectivity index is 1.64. The number of aromatic nitrogens is 2. The molecule has 1 heterocycles. The molecule has 0 saturated carbocycles. The van der Waals surface area contributed by atoms with Gasteiger partial charge in [-0.15, -0.1) is 0 Å². The van der Waals surface area contributed by atoms with Crippen molar-refractivity contribution in [3.63, 3.8) is 0 Å². The Morgan fingerprint density at radius 2 is 1.42 bits per heavy atom. The van der Waals surface area contributed by atoms with Crippen molar-refractivity contribution in [2.75, 3.05) is 49.3 Å². The molecule has 0 aliphatic rings. The van der Waals surface area contributed by atoms with Gasteiger partial charge in [0.05, 0.1) is 43.9 Å². The summed E-state index contributed by atoms with van der Waals surface area (Å²) in [6.07, 6.45) is 1.43. The van der Waals surface area contributed by atoms with Crippen LogP contribution in [0.4, 0.5) is 17.3 Å². The summed E-state index contributed by atoms with van der Waals surface area (Å²) >= 11 is 0. The number of ether oxygens (including phenoxy) is 4. The molecule has 0 aliphatic heterocycles. The fourth-order valence-electron chi connectivity index (χ4n) is 4.12. The summed E-state index contributed by atoms with van der Waals surface area (Å²) in [6, 6.07) is 15.5.